The highest BCUT2D eigenvalue weighted by atomic mass is 31.2. The van der Waals surface area contributed by atoms with Crippen LogP contribution in [0.15, 0.2) is 12.7 Å². The molecule has 11 heteroatoms. The van der Waals surface area contributed by atoms with Gasteiger partial charge in [-0.3, -0.25) is 13.6 Å². The van der Waals surface area contributed by atoms with Crippen LogP contribution in [0, 0.1) is 0 Å². The topological polar surface area (TPSA) is 118 Å². The molecule has 2 aromatic rings. The van der Waals surface area contributed by atoms with Crippen LogP contribution < -0.4 is 5.73 Å². The van der Waals surface area contributed by atoms with Crippen molar-refractivity contribution in [2.75, 3.05) is 25.4 Å². The van der Waals surface area contributed by atoms with E-state index in [-0.39, 0.29) is 25.0 Å². The number of imidazole rings is 1. The van der Waals surface area contributed by atoms with Crippen molar-refractivity contribution in [1.82, 2.24) is 24.2 Å². The lowest BCUT2D eigenvalue weighted by molar-refractivity contribution is -0.0639. The number of hydrogen-bond acceptors (Lipinski definition) is 8. The first-order valence-electron chi connectivity index (χ1n) is 8.91. The number of nitrogen functional groups attached to an aromatic ring is 1. The molecule has 0 saturated carbocycles. The Morgan fingerprint density at radius 1 is 1.15 bits per heavy atom. The Morgan fingerprint density at radius 2 is 2.00 bits per heavy atom. The minimum absolute atomic E-state index is 0.261. The maximum atomic E-state index is 13.2. The summed E-state index contributed by atoms with van der Waals surface area (Å²) in [5, 5.41) is 0. The second-order valence-electron chi connectivity index (χ2n) is 6.87. The number of nitrogens with two attached hydrogens (primary N) is 1. The Labute approximate surface area is 150 Å². The van der Waals surface area contributed by atoms with Gasteiger partial charge in [0, 0.05) is 19.5 Å². The first-order chi connectivity index (χ1) is 12.6. The molecule has 3 aliphatic rings. The van der Waals surface area contributed by atoms with Crippen LogP contribution in [-0.4, -0.2) is 56.1 Å². The predicted molar refractivity (Wildman–Crippen MR) is 92.1 cm³/mol. The lowest BCUT2D eigenvalue weighted by atomic mass is 10.2. The van der Waals surface area contributed by atoms with Crippen LogP contribution in [-0.2, 0) is 18.3 Å². The van der Waals surface area contributed by atoms with Gasteiger partial charge >= 0.3 is 7.75 Å². The molecule has 3 aliphatic heterocycles. The molecule has 140 valence electrons. The van der Waals surface area contributed by atoms with E-state index in [2.05, 4.69) is 15.0 Å². The van der Waals surface area contributed by atoms with Gasteiger partial charge in [0.25, 0.3) is 0 Å². The zero-order valence-corrected chi connectivity index (χ0v) is 15.1. The van der Waals surface area contributed by atoms with E-state index in [4.69, 9.17) is 19.5 Å². The van der Waals surface area contributed by atoms with Gasteiger partial charge in [-0.05, 0) is 12.8 Å². The summed E-state index contributed by atoms with van der Waals surface area (Å²) in [6, 6.07) is 0. The van der Waals surface area contributed by atoms with Crippen LogP contribution >= 0.6 is 7.75 Å². The number of piperidine rings is 1. The summed E-state index contributed by atoms with van der Waals surface area (Å²) in [4.78, 5) is 12.5. The molecule has 0 bridgehead atoms. The summed E-state index contributed by atoms with van der Waals surface area (Å²) in [5.41, 5.74) is 7.00. The zero-order valence-electron chi connectivity index (χ0n) is 14.2. The Kier molecular flexibility index (Phi) is 3.98. The molecule has 0 amide bonds. The van der Waals surface area contributed by atoms with Gasteiger partial charge in [0.1, 0.15) is 30.3 Å². The van der Waals surface area contributed by atoms with Crippen molar-refractivity contribution in [2.45, 2.75) is 44.1 Å². The number of aromatic nitrogens is 4. The summed E-state index contributed by atoms with van der Waals surface area (Å²) in [6.45, 7) is 1.77. The van der Waals surface area contributed by atoms with Gasteiger partial charge in [0.2, 0.25) is 0 Å². The number of nitrogens with zero attached hydrogens (tertiary/aromatic N) is 5. The Morgan fingerprint density at radius 3 is 2.85 bits per heavy atom. The van der Waals surface area contributed by atoms with Crippen molar-refractivity contribution in [1.29, 1.82) is 0 Å². The Bertz CT molecular complexity index is 869. The molecule has 26 heavy (non-hydrogen) atoms. The maximum Gasteiger partial charge on any atom is 0.408 e. The van der Waals surface area contributed by atoms with E-state index in [9.17, 15) is 4.57 Å². The van der Waals surface area contributed by atoms with E-state index < -0.39 is 7.75 Å². The first-order valence-corrected chi connectivity index (χ1v) is 10.4. The molecular formula is C15H21N6O4P. The molecule has 0 spiro atoms. The number of fused-ring (bicyclic) bond motifs is 2. The number of ether oxygens (including phenoxy) is 1. The fraction of sp³-hybridized carbons (Fsp3) is 0.667. The summed E-state index contributed by atoms with van der Waals surface area (Å²) < 4.78 is 34.5. The quantitative estimate of drug-likeness (QED) is 0.777. The number of rotatable bonds is 2. The van der Waals surface area contributed by atoms with E-state index in [0.29, 0.717) is 23.4 Å². The summed E-state index contributed by atoms with van der Waals surface area (Å²) in [6.07, 6.45) is 5.94. The van der Waals surface area contributed by atoms with Crippen LogP contribution in [0.1, 0.15) is 31.9 Å². The normalized spacial score (nSPS) is 35.6. The van der Waals surface area contributed by atoms with E-state index in [1.54, 1.807) is 6.33 Å². The van der Waals surface area contributed by atoms with Crippen molar-refractivity contribution in [2.24, 2.45) is 0 Å². The highest BCUT2D eigenvalue weighted by Gasteiger charge is 2.49. The summed E-state index contributed by atoms with van der Waals surface area (Å²) in [5.74, 6) is 0.332. The van der Waals surface area contributed by atoms with Crippen molar-refractivity contribution >= 4 is 24.7 Å². The molecule has 0 unspecified atom stereocenters. The third-order valence-corrected chi connectivity index (χ3v) is 7.33. The highest BCUT2D eigenvalue weighted by molar-refractivity contribution is 7.51. The van der Waals surface area contributed by atoms with Crippen LogP contribution in [0.2, 0.25) is 0 Å². The van der Waals surface area contributed by atoms with Crippen LogP contribution in [0.3, 0.4) is 0 Å². The predicted octanol–water partition coefficient (Wildman–Crippen LogP) is 1.71. The lowest BCUT2D eigenvalue weighted by Gasteiger charge is -2.38. The van der Waals surface area contributed by atoms with Crippen molar-refractivity contribution in [3.05, 3.63) is 12.7 Å². The van der Waals surface area contributed by atoms with Crippen LogP contribution in [0.4, 0.5) is 5.82 Å². The number of hydrogen-bond donors (Lipinski definition) is 1. The van der Waals surface area contributed by atoms with Gasteiger partial charge < -0.3 is 10.5 Å². The molecule has 0 aliphatic carbocycles. The second kappa shape index (κ2) is 6.24. The summed E-state index contributed by atoms with van der Waals surface area (Å²) >= 11 is 0. The van der Waals surface area contributed by atoms with E-state index in [1.165, 1.54) is 6.33 Å². The molecule has 0 aromatic carbocycles. The third kappa shape index (κ3) is 2.64. The maximum absolute atomic E-state index is 13.2. The Balaban J connectivity index is 1.36. The van der Waals surface area contributed by atoms with Gasteiger partial charge in [-0.2, -0.15) is 0 Å². The van der Waals surface area contributed by atoms with E-state index in [1.807, 2.05) is 9.24 Å². The molecule has 5 heterocycles. The van der Waals surface area contributed by atoms with E-state index >= 15 is 0 Å². The molecule has 3 saturated heterocycles. The monoisotopic (exact) mass is 380 g/mol. The standard InChI is InChI=1S/C15H21N6O4P/c16-14-13-15(18-8-17-14)21(9-19-13)12-6-10-11(24-12)7-23-26(22,25-10)20-4-2-1-3-5-20/h8-12H,1-7H2,(H2,16,17,18)/t10-,11+,12+,26-/m0/s1. The fourth-order valence-electron chi connectivity index (χ4n) is 3.85. The zero-order chi connectivity index (χ0) is 17.7. The SMILES string of the molecule is Nc1ncnc2c1ncn2[C@H]1C[C@@H]2O[P@](=O)(N3CCCCC3)OC[C@H]2O1. The second-order valence-corrected chi connectivity index (χ2v) is 8.84. The molecule has 2 N–H and O–H groups in total. The molecule has 4 atom stereocenters. The minimum Gasteiger partial charge on any atom is -0.382 e. The fourth-order valence-corrected chi connectivity index (χ4v) is 5.88. The van der Waals surface area contributed by atoms with Gasteiger partial charge in [-0.15, -0.1) is 0 Å². The first kappa shape index (κ1) is 16.6. The molecule has 10 nitrogen and oxygen atoms in total. The van der Waals surface area contributed by atoms with Gasteiger partial charge in [0.05, 0.1) is 12.9 Å². The van der Waals surface area contributed by atoms with Crippen molar-refractivity contribution in [3.8, 4) is 0 Å². The smallest absolute Gasteiger partial charge is 0.382 e. The Hall–Kier alpha value is -1.58. The minimum atomic E-state index is -3.24. The molecule has 5 rings (SSSR count). The number of anilines is 1. The average molecular weight is 380 g/mol. The summed E-state index contributed by atoms with van der Waals surface area (Å²) in [7, 11) is -3.24. The largest absolute Gasteiger partial charge is 0.408 e. The lowest BCUT2D eigenvalue weighted by Crippen LogP contribution is -2.39. The average Bonchev–Trinajstić information content (AvgIpc) is 3.26. The van der Waals surface area contributed by atoms with Crippen LogP contribution in [0.5, 0.6) is 0 Å². The van der Waals surface area contributed by atoms with Gasteiger partial charge in [-0.25, -0.2) is 24.2 Å². The van der Waals surface area contributed by atoms with Gasteiger partial charge in [-0.1, -0.05) is 6.42 Å². The highest BCUT2D eigenvalue weighted by Crippen LogP contribution is 2.59. The van der Waals surface area contributed by atoms with Crippen molar-refractivity contribution in [3.63, 3.8) is 0 Å². The van der Waals surface area contributed by atoms with Crippen LogP contribution in [0.25, 0.3) is 11.2 Å². The van der Waals surface area contributed by atoms with Crippen molar-refractivity contribution < 1.29 is 18.3 Å². The molecule has 2 aromatic heterocycles. The van der Waals surface area contributed by atoms with E-state index in [0.717, 1.165) is 32.4 Å². The van der Waals surface area contributed by atoms with Gasteiger partial charge in [0.15, 0.2) is 11.5 Å². The molecule has 0 radical (unpaired) electrons. The molecular weight excluding hydrogens is 359 g/mol. The molecule has 3 fully saturated rings. The third-order valence-electron chi connectivity index (χ3n) is 5.23.